The highest BCUT2D eigenvalue weighted by atomic mass is 32.1. The summed E-state index contributed by atoms with van der Waals surface area (Å²) in [4.78, 5) is 24.1. The van der Waals surface area contributed by atoms with Crippen LogP contribution in [0.15, 0.2) is 22.8 Å². The molecule has 0 aromatic carbocycles. The van der Waals surface area contributed by atoms with Gasteiger partial charge in [0.2, 0.25) is 0 Å². The van der Waals surface area contributed by atoms with Gasteiger partial charge in [-0.25, -0.2) is 9.78 Å². The smallest absolute Gasteiger partial charge is 0.407 e. The highest BCUT2D eigenvalue weighted by Crippen LogP contribution is 2.12. The van der Waals surface area contributed by atoms with E-state index in [0.29, 0.717) is 12.5 Å². The van der Waals surface area contributed by atoms with E-state index in [0.717, 1.165) is 29.6 Å². The molecule has 2 rings (SSSR count). The molecule has 2 N–H and O–H groups in total. The SMILES string of the molecule is CN=C(NCc1cn2ccsc2n1)N(C)CCC(NC(=O)OC(C)(C)C)C(C)C. The Morgan fingerprint density at radius 1 is 1.41 bits per heavy atom. The van der Waals surface area contributed by atoms with Crippen LogP contribution in [0.1, 0.15) is 46.7 Å². The number of carbonyl (C=O) groups is 1. The number of amides is 1. The number of aromatic nitrogens is 2. The van der Waals surface area contributed by atoms with E-state index in [9.17, 15) is 4.79 Å². The topological polar surface area (TPSA) is 83.3 Å². The summed E-state index contributed by atoms with van der Waals surface area (Å²) in [6.07, 6.45) is 4.43. The lowest BCUT2D eigenvalue weighted by molar-refractivity contribution is 0.0486. The summed E-state index contributed by atoms with van der Waals surface area (Å²) in [5, 5.41) is 8.37. The quantitative estimate of drug-likeness (QED) is 0.528. The molecular weight excluding hydrogens is 388 g/mol. The predicted molar refractivity (Wildman–Crippen MR) is 119 cm³/mol. The lowest BCUT2D eigenvalue weighted by Gasteiger charge is -2.28. The molecule has 29 heavy (non-hydrogen) atoms. The van der Waals surface area contributed by atoms with Gasteiger partial charge in [0, 0.05) is 44.5 Å². The highest BCUT2D eigenvalue weighted by molar-refractivity contribution is 7.15. The fraction of sp³-hybridized carbons (Fsp3) is 0.650. The Bertz CT molecular complexity index is 792. The molecule has 0 saturated heterocycles. The molecule has 0 bridgehead atoms. The second-order valence-corrected chi connectivity index (χ2v) is 9.31. The molecular formula is C20H34N6O2S. The fourth-order valence-corrected chi connectivity index (χ4v) is 3.60. The molecule has 9 heteroatoms. The number of ether oxygens (including phenoxy) is 1. The van der Waals surface area contributed by atoms with Gasteiger partial charge in [-0.1, -0.05) is 13.8 Å². The van der Waals surface area contributed by atoms with Gasteiger partial charge in [0.05, 0.1) is 12.2 Å². The number of hydrogen-bond acceptors (Lipinski definition) is 5. The number of guanidine groups is 1. The Hall–Kier alpha value is -2.29. The number of rotatable bonds is 7. The van der Waals surface area contributed by atoms with Crippen LogP contribution in [0.4, 0.5) is 4.79 Å². The van der Waals surface area contributed by atoms with Crippen molar-refractivity contribution in [2.45, 2.75) is 59.2 Å². The van der Waals surface area contributed by atoms with Crippen LogP contribution in [0.3, 0.4) is 0 Å². The van der Waals surface area contributed by atoms with Gasteiger partial charge < -0.3 is 20.3 Å². The van der Waals surface area contributed by atoms with E-state index in [4.69, 9.17) is 4.74 Å². The number of aliphatic imine (C=N–C) groups is 1. The Kier molecular flexibility index (Phi) is 7.89. The minimum Gasteiger partial charge on any atom is -0.444 e. The number of thiazole rings is 1. The van der Waals surface area contributed by atoms with E-state index >= 15 is 0 Å². The second-order valence-electron chi connectivity index (χ2n) is 8.43. The van der Waals surface area contributed by atoms with Crippen LogP contribution >= 0.6 is 11.3 Å². The van der Waals surface area contributed by atoms with Crippen LogP contribution < -0.4 is 10.6 Å². The average Bonchev–Trinajstić information content (AvgIpc) is 3.18. The number of nitrogens with one attached hydrogen (secondary N) is 2. The van der Waals surface area contributed by atoms with Crippen molar-refractivity contribution in [1.82, 2.24) is 24.9 Å². The number of carbonyl (C=O) groups excluding carboxylic acids is 1. The van der Waals surface area contributed by atoms with Crippen molar-refractivity contribution in [3.05, 3.63) is 23.5 Å². The summed E-state index contributed by atoms with van der Waals surface area (Å²) in [6.45, 7) is 11.1. The zero-order valence-corrected chi connectivity index (χ0v) is 19.3. The van der Waals surface area contributed by atoms with Gasteiger partial charge >= 0.3 is 6.09 Å². The maximum Gasteiger partial charge on any atom is 0.407 e. The molecule has 162 valence electrons. The maximum atomic E-state index is 12.1. The third-order valence-corrected chi connectivity index (χ3v) is 5.20. The average molecular weight is 423 g/mol. The molecule has 1 unspecified atom stereocenters. The monoisotopic (exact) mass is 422 g/mol. The van der Waals surface area contributed by atoms with Crippen molar-refractivity contribution in [2.75, 3.05) is 20.6 Å². The number of fused-ring (bicyclic) bond motifs is 1. The number of imidazole rings is 1. The number of alkyl carbamates (subject to hydrolysis) is 1. The molecule has 0 aliphatic heterocycles. The fourth-order valence-electron chi connectivity index (χ4n) is 2.89. The molecule has 2 aromatic heterocycles. The summed E-state index contributed by atoms with van der Waals surface area (Å²) in [5.41, 5.74) is 0.466. The molecule has 0 spiro atoms. The summed E-state index contributed by atoms with van der Waals surface area (Å²) in [6, 6.07) is 0.0188. The molecule has 1 amide bonds. The summed E-state index contributed by atoms with van der Waals surface area (Å²) >= 11 is 1.62. The third-order valence-electron chi connectivity index (χ3n) is 4.43. The van der Waals surface area contributed by atoms with E-state index in [2.05, 4.69) is 39.4 Å². The van der Waals surface area contributed by atoms with Gasteiger partial charge in [0.15, 0.2) is 10.9 Å². The van der Waals surface area contributed by atoms with Crippen molar-refractivity contribution >= 4 is 28.4 Å². The summed E-state index contributed by atoms with van der Waals surface area (Å²) in [5.74, 6) is 1.09. The normalized spacial score (nSPS) is 13.6. The van der Waals surface area contributed by atoms with Crippen molar-refractivity contribution in [2.24, 2.45) is 10.9 Å². The van der Waals surface area contributed by atoms with Gasteiger partial charge in [-0.15, -0.1) is 11.3 Å². The van der Waals surface area contributed by atoms with Crippen molar-refractivity contribution < 1.29 is 9.53 Å². The van der Waals surface area contributed by atoms with Crippen LogP contribution in [-0.4, -0.2) is 58.6 Å². The van der Waals surface area contributed by atoms with Gasteiger partial charge in [-0.2, -0.15) is 0 Å². The Morgan fingerprint density at radius 2 is 2.14 bits per heavy atom. The van der Waals surface area contributed by atoms with Crippen molar-refractivity contribution in [3.63, 3.8) is 0 Å². The zero-order valence-electron chi connectivity index (χ0n) is 18.5. The Balaban J connectivity index is 1.85. The van der Waals surface area contributed by atoms with E-state index in [1.54, 1.807) is 18.4 Å². The summed E-state index contributed by atoms with van der Waals surface area (Å²) in [7, 11) is 3.76. The zero-order chi connectivity index (χ0) is 21.6. The lowest BCUT2D eigenvalue weighted by Crippen LogP contribution is -2.45. The molecule has 0 saturated carbocycles. The van der Waals surface area contributed by atoms with Crippen LogP contribution in [0.25, 0.3) is 4.96 Å². The maximum absolute atomic E-state index is 12.1. The lowest BCUT2D eigenvalue weighted by atomic mass is 10.0. The highest BCUT2D eigenvalue weighted by Gasteiger charge is 2.22. The first-order valence-electron chi connectivity index (χ1n) is 9.91. The molecule has 8 nitrogen and oxygen atoms in total. The second kappa shape index (κ2) is 9.96. The summed E-state index contributed by atoms with van der Waals surface area (Å²) < 4.78 is 7.41. The number of nitrogens with zero attached hydrogens (tertiary/aromatic N) is 4. The third kappa shape index (κ3) is 7.23. The van der Waals surface area contributed by atoms with Gasteiger partial charge in [0.25, 0.3) is 0 Å². The van der Waals surface area contributed by atoms with E-state index < -0.39 is 5.60 Å². The van der Waals surface area contributed by atoms with Gasteiger partial charge in [-0.3, -0.25) is 9.39 Å². The molecule has 2 heterocycles. The van der Waals surface area contributed by atoms with Crippen molar-refractivity contribution in [3.8, 4) is 0 Å². The van der Waals surface area contributed by atoms with Crippen LogP contribution in [0.5, 0.6) is 0 Å². The minimum absolute atomic E-state index is 0.0188. The predicted octanol–water partition coefficient (Wildman–Crippen LogP) is 3.34. The minimum atomic E-state index is -0.504. The Morgan fingerprint density at radius 3 is 2.72 bits per heavy atom. The van der Waals surface area contributed by atoms with Crippen LogP contribution in [0, 0.1) is 5.92 Å². The van der Waals surface area contributed by atoms with Gasteiger partial charge in [-0.05, 0) is 33.1 Å². The van der Waals surface area contributed by atoms with Crippen molar-refractivity contribution in [1.29, 1.82) is 0 Å². The molecule has 0 fully saturated rings. The standard InChI is InChI=1S/C20H34N6O2S/c1-14(2)16(24-19(27)28-20(3,4)5)8-9-25(7)17(21-6)22-12-15-13-26-10-11-29-18(26)23-15/h10-11,13-14,16H,8-9,12H2,1-7H3,(H,21,22)(H,24,27). The molecule has 0 aliphatic rings. The van der Waals surface area contributed by atoms with Crippen LogP contribution in [-0.2, 0) is 11.3 Å². The first kappa shape index (κ1) is 23.0. The first-order chi connectivity index (χ1) is 13.6. The first-order valence-corrected chi connectivity index (χ1v) is 10.8. The van der Waals surface area contributed by atoms with Gasteiger partial charge in [0.1, 0.15) is 5.60 Å². The van der Waals surface area contributed by atoms with E-state index in [-0.39, 0.29) is 12.1 Å². The van der Waals surface area contributed by atoms with Crippen LogP contribution in [0.2, 0.25) is 0 Å². The molecule has 0 aliphatic carbocycles. The van der Waals surface area contributed by atoms with E-state index in [1.165, 1.54) is 0 Å². The molecule has 0 radical (unpaired) electrons. The largest absolute Gasteiger partial charge is 0.444 e. The number of hydrogen-bond donors (Lipinski definition) is 2. The molecule has 2 aromatic rings. The van der Waals surface area contributed by atoms with E-state index in [1.807, 2.05) is 50.0 Å². The Labute approximate surface area is 177 Å². The molecule has 1 atom stereocenters.